The fourth-order valence-electron chi connectivity index (χ4n) is 2.58. The number of hydrogen-bond donors (Lipinski definition) is 2. The lowest BCUT2D eigenvalue weighted by Gasteiger charge is -2.05. The molecule has 0 fully saturated rings. The van der Waals surface area contributed by atoms with Gasteiger partial charge in [0.1, 0.15) is 0 Å². The second-order valence-electron chi connectivity index (χ2n) is 6.30. The minimum absolute atomic E-state index is 0.0180. The van der Waals surface area contributed by atoms with Crippen LogP contribution in [-0.2, 0) is 4.74 Å². The summed E-state index contributed by atoms with van der Waals surface area (Å²) in [5, 5.41) is 33.0. The first-order chi connectivity index (χ1) is 13.3. The number of nitrogens with one attached hydrogen (secondary N) is 1. The van der Waals surface area contributed by atoms with E-state index in [1.165, 1.54) is 51.4 Å². The molecule has 0 saturated carbocycles. The lowest BCUT2D eigenvalue weighted by Crippen LogP contribution is -2.15. The quantitative estimate of drug-likeness (QED) is 0.326. The Morgan fingerprint density at radius 1 is 0.963 bits per heavy atom. The van der Waals surface area contributed by atoms with E-state index < -0.39 is 0 Å². The third kappa shape index (κ3) is 8.35. The molecule has 0 aromatic carbocycles. The van der Waals surface area contributed by atoms with Crippen LogP contribution >= 0.6 is 11.8 Å². The first-order valence-electron chi connectivity index (χ1n) is 9.86. The van der Waals surface area contributed by atoms with Crippen molar-refractivity contribution in [1.29, 1.82) is 0 Å². The van der Waals surface area contributed by atoms with Gasteiger partial charge in [-0.3, -0.25) is 0 Å². The maximum absolute atomic E-state index is 8.67. The zero-order valence-corrected chi connectivity index (χ0v) is 17.0. The third-order valence-electron chi connectivity index (χ3n) is 4.02. The summed E-state index contributed by atoms with van der Waals surface area (Å²) in [6.45, 7) is 3.59. The Labute approximate surface area is 164 Å². The molecule has 27 heavy (non-hydrogen) atoms. The summed E-state index contributed by atoms with van der Waals surface area (Å²) >= 11 is 1.65. The highest BCUT2D eigenvalue weighted by Crippen LogP contribution is 2.18. The molecule has 0 atom stereocenters. The van der Waals surface area contributed by atoms with Gasteiger partial charge in [-0.2, -0.15) is 4.52 Å². The number of unbranched alkanes of at least 4 members (excludes halogenated alkanes) is 7. The van der Waals surface area contributed by atoms with E-state index >= 15 is 0 Å². The van der Waals surface area contributed by atoms with Gasteiger partial charge in [0.2, 0.25) is 5.16 Å². The van der Waals surface area contributed by atoms with Crippen LogP contribution in [0.1, 0.15) is 58.3 Å². The first-order valence-corrected chi connectivity index (χ1v) is 10.8. The van der Waals surface area contributed by atoms with Gasteiger partial charge in [-0.15, -0.1) is 25.5 Å². The van der Waals surface area contributed by atoms with Crippen LogP contribution in [0.5, 0.6) is 0 Å². The number of thioether (sulfide) groups is 1. The monoisotopic (exact) mass is 397 g/mol. The smallest absolute Gasteiger partial charge is 0.291 e. The molecule has 0 aliphatic carbocycles. The number of anilines is 1. The lowest BCUT2D eigenvalue weighted by atomic mass is 10.1. The van der Waals surface area contributed by atoms with Gasteiger partial charge in [0, 0.05) is 12.3 Å². The van der Waals surface area contributed by atoms with E-state index in [4.69, 9.17) is 9.84 Å². The highest BCUT2D eigenvalue weighted by Gasteiger charge is 2.10. The van der Waals surface area contributed by atoms with Gasteiger partial charge in [0.05, 0.1) is 19.8 Å². The van der Waals surface area contributed by atoms with Crippen LogP contribution in [0.15, 0.2) is 5.16 Å². The van der Waals surface area contributed by atoms with Gasteiger partial charge in [-0.25, -0.2) is 0 Å². The predicted molar refractivity (Wildman–Crippen MR) is 106 cm³/mol. The molecule has 10 heteroatoms. The Hall–Kier alpha value is -1.52. The largest absolute Gasteiger partial charge is 0.394 e. The fourth-order valence-corrected chi connectivity index (χ4v) is 3.45. The molecule has 2 rings (SSSR count). The summed E-state index contributed by atoms with van der Waals surface area (Å²) in [5.74, 6) is 1.80. The molecule has 152 valence electrons. The van der Waals surface area contributed by atoms with E-state index in [2.05, 4.69) is 37.7 Å². The standard InChI is InChI=1S/C17H31N7O2S/c1-2-3-4-5-6-7-8-9-14-27-17-22-21-16-20-19-15(23-24(16)17)18-10-12-26-13-11-25/h25H,2-14H2,1H3,(H,18,23). The number of fused-ring (bicyclic) bond motifs is 1. The molecule has 0 aliphatic heterocycles. The van der Waals surface area contributed by atoms with Crippen LogP contribution in [-0.4, -0.2) is 67.2 Å². The van der Waals surface area contributed by atoms with E-state index in [9.17, 15) is 0 Å². The zero-order valence-electron chi connectivity index (χ0n) is 16.1. The highest BCUT2D eigenvalue weighted by atomic mass is 32.2. The molecule has 2 heterocycles. The van der Waals surface area contributed by atoms with E-state index in [0.29, 0.717) is 31.5 Å². The summed E-state index contributed by atoms with van der Waals surface area (Å²) in [6, 6.07) is 0. The molecule has 2 aromatic rings. The molecule has 0 aliphatic rings. The van der Waals surface area contributed by atoms with Crippen molar-refractivity contribution in [3.8, 4) is 0 Å². The maximum Gasteiger partial charge on any atom is 0.291 e. The van der Waals surface area contributed by atoms with Crippen molar-refractivity contribution in [2.75, 3.05) is 37.4 Å². The fraction of sp³-hybridized carbons (Fsp3) is 0.824. The number of hydrogen-bond acceptors (Lipinski definition) is 9. The predicted octanol–water partition coefficient (Wildman–Crippen LogP) is 2.57. The number of aromatic nitrogens is 6. The van der Waals surface area contributed by atoms with Crippen molar-refractivity contribution in [3.05, 3.63) is 0 Å². The molecule has 0 spiro atoms. The summed E-state index contributed by atoms with van der Waals surface area (Å²) in [6.07, 6.45) is 10.5. The van der Waals surface area contributed by atoms with Gasteiger partial charge < -0.3 is 15.2 Å². The third-order valence-corrected chi connectivity index (χ3v) is 5.02. The van der Waals surface area contributed by atoms with Crippen molar-refractivity contribution >= 4 is 23.5 Å². The van der Waals surface area contributed by atoms with E-state index in [0.717, 1.165) is 10.9 Å². The normalized spacial score (nSPS) is 11.3. The topological polar surface area (TPSA) is 110 Å². The van der Waals surface area contributed by atoms with E-state index in [1.807, 2.05) is 0 Å². The van der Waals surface area contributed by atoms with Gasteiger partial charge in [0.25, 0.3) is 11.7 Å². The number of rotatable bonds is 16. The van der Waals surface area contributed by atoms with Crippen molar-refractivity contribution in [2.24, 2.45) is 0 Å². The van der Waals surface area contributed by atoms with Gasteiger partial charge in [-0.1, -0.05) is 63.6 Å². The highest BCUT2D eigenvalue weighted by molar-refractivity contribution is 7.99. The average molecular weight is 398 g/mol. The van der Waals surface area contributed by atoms with Crippen molar-refractivity contribution in [1.82, 2.24) is 30.0 Å². The minimum Gasteiger partial charge on any atom is -0.394 e. The Balaban J connectivity index is 1.68. The maximum atomic E-state index is 8.67. The Morgan fingerprint density at radius 2 is 1.70 bits per heavy atom. The van der Waals surface area contributed by atoms with Crippen LogP contribution in [0.2, 0.25) is 0 Å². The second kappa shape index (κ2) is 13.6. The zero-order chi connectivity index (χ0) is 19.2. The summed E-state index contributed by atoms with van der Waals surface area (Å²) in [5.41, 5.74) is 0. The summed E-state index contributed by atoms with van der Waals surface area (Å²) < 4.78 is 6.81. The SMILES string of the molecule is CCCCCCCCCCSc1nnc2nnc(NCCOCCO)nn12. The van der Waals surface area contributed by atoms with Crippen molar-refractivity contribution in [3.63, 3.8) is 0 Å². The number of ether oxygens (including phenoxy) is 1. The van der Waals surface area contributed by atoms with Crippen LogP contribution < -0.4 is 5.32 Å². The second-order valence-corrected chi connectivity index (χ2v) is 7.37. The molecular formula is C17H31N7O2S. The van der Waals surface area contributed by atoms with Gasteiger partial charge in [-0.05, 0) is 6.42 Å². The lowest BCUT2D eigenvalue weighted by molar-refractivity contribution is 0.0991. The van der Waals surface area contributed by atoms with Crippen LogP contribution in [0.4, 0.5) is 5.95 Å². The Morgan fingerprint density at radius 3 is 2.48 bits per heavy atom. The molecular weight excluding hydrogens is 366 g/mol. The Bertz CT molecular complexity index is 641. The number of aliphatic hydroxyl groups is 1. The van der Waals surface area contributed by atoms with Crippen LogP contribution in [0, 0.1) is 0 Å². The van der Waals surface area contributed by atoms with Gasteiger partial charge >= 0.3 is 0 Å². The molecule has 0 bridgehead atoms. The average Bonchev–Trinajstić information content (AvgIpc) is 3.09. The first kappa shape index (κ1) is 21.8. The Kier molecular flexibility index (Phi) is 11.0. The van der Waals surface area contributed by atoms with Crippen LogP contribution in [0.25, 0.3) is 5.78 Å². The molecule has 0 radical (unpaired) electrons. The molecule has 9 nitrogen and oxygen atoms in total. The number of nitrogens with zero attached hydrogens (tertiary/aromatic N) is 6. The van der Waals surface area contributed by atoms with Gasteiger partial charge in [0.15, 0.2) is 0 Å². The molecule has 0 amide bonds. The molecule has 0 unspecified atom stereocenters. The van der Waals surface area contributed by atoms with E-state index in [1.54, 1.807) is 16.3 Å². The number of aliphatic hydroxyl groups excluding tert-OH is 1. The minimum atomic E-state index is 0.0180. The summed E-state index contributed by atoms with van der Waals surface area (Å²) in [4.78, 5) is 0. The summed E-state index contributed by atoms with van der Waals surface area (Å²) in [7, 11) is 0. The van der Waals surface area contributed by atoms with Crippen molar-refractivity contribution < 1.29 is 9.84 Å². The molecule has 2 N–H and O–H groups in total. The molecule has 2 aromatic heterocycles. The molecule has 0 saturated heterocycles. The van der Waals surface area contributed by atoms with Crippen molar-refractivity contribution in [2.45, 2.75) is 63.4 Å². The van der Waals surface area contributed by atoms with E-state index in [-0.39, 0.29) is 6.61 Å². The van der Waals surface area contributed by atoms with Crippen LogP contribution in [0.3, 0.4) is 0 Å².